The summed E-state index contributed by atoms with van der Waals surface area (Å²) in [6.45, 7) is 4.08. The van der Waals surface area contributed by atoms with E-state index in [9.17, 15) is 4.39 Å². The molecule has 0 saturated carbocycles. The van der Waals surface area contributed by atoms with Crippen molar-refractivity contribution < 1.29 is 9.13 Å². The fraction of sp³-hybridized carbons (Fsp3) is 0.571. The summed E-state index contributed by atoms with van der Waals surface area (Å²) in [4.78, 5) is 2.17. The van der Waals surface area contributed by atoms with Gasteiger partial charge in [0.15, 0.2) is 0 Å². The van der Waals surface area contributed by atoms with E-state index in [-0.39, 0.29) is 11.4 Å². The number of nitrogens with two attached hydrogens (primary N) is 1. The lowest BCUT2D eigenvalue weighted by molar-refractivity contribution is 0.0941. The Morgan fingerprint density at radius 3 is 2.72 bits per heavy atom. The van der Waals surface area contributed by atoms with Gasteiger partial charge in [0.2, 0.25) is 0 Å². The van der Waals surface area contributed by atoms with Gasteiger partial charge in [0.1, 0.15) is 5.82 Å². The first-order valence-corrected chi connectivity index (χ1v) is 6.16. The molecule has 0 aliphatic heterocycles. The molecule has 0 radical (unpaired) electrons. The molecule has 1 aromatic rings. The van der Waals surface area contributed by atoms with Gasteiger partial charge in [-0.05, 0) is 38.1 Å². The molecule has 2 N–H and O–H groups in total. The predicted octanol–water partition coefficient (Wildman–Crippen LogP) is 1.66. The Balaban J connectivity index is 2.75. The van der Waals surface area contributed by atoms with Crippen LogP contribution in [0.2, 0.25) is 0 Å². The Labute approximate surface area is 109 Å². The Hall–Kier alpha value is -0.970. The molecule has 0 heterocycles. The van der Waals surface area contributed by atoms with Gasteiger partial charge in [-0.2, -0.15) is 0 Å². The Kier molecular flexibility index (Phi) is 5.72. The molecule has 0 aliphatic rings. The molecule has 0 amide bonds. The van der Waals surface area contributed by atoms with Crippen molar-refractivity contribution in [3.63, 3.8) is 0 Å². The van der Waals surface area contributed by atoms with Crippen molar-refractivity contribution in [2.24, 2.45) is 5.73 Å². The fourth-order valence-electron chi connectivity index (χ4n) is 1.95. The second kappa shape index (κ2) is 6.83. The number of ether oxygens (including phenoxy) is 1. The molecule has 0 fully saturated rings. The number of halogens is 1. The zero-order chi connectivity index (χ0) is 13.6. The van der Waals surface area contributed by atoms with Gasteiger partial charge >= 0.3 is 0 Å². The normalized spacial score (nSPS) is 14.8. The molecular formula is C14H23FN2O. The second-order valence-corrected chi connectivity index (χ2v) is 4.92. The molecule has 1 unspecified atom stereocenters. The molecule has 1 aromatic carbocycles. The highest BCUT2D eigenvalue weighted by atomic mass is 19.1. The largest absolute Gasteiger partial charge is 0.383 e. The number of methoxy groups -OCH3 is 1. The van der Waals surface area contributed by atoms with E-state index in [1.165, 1.54) is 6.07 Å². The molecule has 4 heteroatoms. The Morgan fingerprint density at radius 1 is 1.44 bits per heavy atom. The number of nitrogens with zero attached hydrogens (tertiary/aromatic N) is 1. The summed E-state index contributed by atoms with van der Waals surface area (Å²) in [7, 11) is 3.70. The van der Waals surface area contributed by atoms with Crippen LogP contribution in [0.4, 0.5) is 4.39 Å². The van der Waals surface area contributed by atoms with Gasteiger partial charge in [-0.25, -0.2) is 4.39 Å². The SMILES string of the molecule is COCCN(C)C(C)(CN)Cc1cccc(F)c1. The van der Waals surface area contributed by atoms with Gasteiger partial charge in [0, 0.05) is 25.7 Å². The second-order valence-electron chi connectivity index (χ2n) is 4.92. The van der Waals surface area contributed by atoms with E-state index in [1.807, 2.05) is 13.1 Å². The number of likely N-dealkylation sites (N-methyl/N-ethyl adjacent to an activating group) is 1. The van der Waals surface area contributed by atoms with Gasteiger partial charge in [-0.1, -0.05) is 12.1 Å². The standard InChI is InChI=1S/C14H23FN2O/c1-14(11-16,17(2)7-8-18-3)10-12-5-4-6-13(15)9-12/h4-6,9H,7-8,10-11,16H2,1-3H3. The van der Waals surface area contributed by atoms with E-state index in [0.717, 1.165) is 18.5 Å². The lowest BCUT2D eigenvalue weighted by atomic mass is 9.91. The van der Waals surface area contributed by atoms with Crippen molar-refractivity contribution in [1.29, 1.82) is 0 Å². The Morgan fingerprint density at radius 2 is 2.17 bits per heavy atom. The van der Waals surface area contributed by atoms with Crippen LogP contribution in [0.3, 0.4) is 0 Å². The minimum atomic E-state index is -0.202. The van der Waals surface area contributed by atoms with Crippen LogP contribution in [0.1, 0.15) is 12.5 Å². The lowest BCUT2D eigenvalue weighted by Crippen LogP contribution is -2.52. The number of hydrogen-bond donors (Lipinski definition) is 1. The van der Waals surface area contributed by atoms with Gasteiger partial charge in [0.05, 0.1) is 6.61 Å². The maximum Gasteiger partial charge on any atom is 0.123 e. The van der Waals surface area contributed by atoms with Crippen LogP contribution in [-0.4, -0.2) is 44.3 Å². The van der Waals surface area contributed by atoms with Crippen LogP contribution < -0.4 is 5.73 Å². The van der Waals surface area contributed by atoms with E-state index in [0.29, 0.717) is 13.2 Å². The third-order valence-electron chi connectivity index (χ3n) is 3.47. The molecule has 18 heavy (non-hydrogen) atoms. The molecule has 0 bridgehead atoms. The van der Waals surface area contributed by atoms with Crippen LogP contribution in [0.5, 0.6) is 0 Å². The zero-order valence-corrected chi connectivity index (χ0v) is 11.4. The minimum absolute atomic E-state index is 0.188. The van der Waals surface area contributed by atoms with Gasteiger partial charge in [-0.3, -0.25) is 4.90 Å². The van der Waals surface area contributed by atoms with E-state index >= 15 is 0 Å². The van der Waals surface area contributed by atoms with Crippen LogP contribution >= 0.6 is 0 Å². The quantitative estimate of drug-likeness (QED) is 0.804. The summed E-state index contributed by atoms with van der Waals surface area (Å²) < 4.78 is 18.3. The molecular weight excluding hydrogens is 231 g/mol. The smallest absolute Gasteiger partial charge is 0.123 e. The molecule has 1 rings (SSSR count). The first kappa shape index (κ1) is 15.1. The highest BCUT2D eigenvalue weighted by Gasteiger charge is 2.27. The molecule has 0 aromatic heterocycles. The van der Waals surface area contributed by atoms with E-state index in [4.69, 9.17) is 10.5 Å². The topological polar surface area (TPSA) is 38.5 Å². The van der Waals surface area contributed by atoms with E-state index in [2.05, 4.69) is 11.8 Å². The van der Waals surface area contributed by atoms with Crippen molar-refractivity contribution in [1.82, 2.24) is 4.90 Å². The number of rotatable bonds is 7. The van der Waals surface area contributed by atoms with Crippen LogP contribution in [0, 0.1) is 5.82 Å². The zero-order valence-electron chi connectivity index (χ0n) is 11.4. The van der Waals surface area contributed by atoms with Crippen molar-refractivity contribution in [3.8, 4) is 0 Å². The van der Waals surface area contributed by atoms with Crippen LogP contribution in [0.25, 0.3) is 0 Å². The predicted molar refractivity (Wildman–Crippen MR) is 72.1 cm³/mol. The molecule has 0 spiro atoms. The average Bonchev–Trinajstić information content (AvgIpc) is 2.35. The van der Waals surface area contributed by atoms with E-state index < -0.39 is 0 Å². The van der Waals surface area contributed by atoms with Crippen molar-refractivity contribution >= 4 is 0 Å². The first-order chi connectivity index (χ1) is 8.51. The van der Waals surface area contributed by atoms with E-state index in [1.54, 1.807) is 19.2 Å². The summed E-state index contributed by atoms with van der Waals surface area (Å²) >= 11 is 0. The number of benzene rings is 1. The molecule has 3 nitrogen and oxygen atoms in total. The summed E-state index contributed by atoms with van der Waals surface area (Å²) in [6.07, 6.45) is 0.724. The third-order valence-corrected chi connectivity index (χ3v) is 3.47. The molecule has 0 saturated heterocycles. The van der Waals surface area contributed by atoms with Crippen molar-refractivity contribution in [2.75, 3.05) is 33.9 Å². The average molecular weight is 254 g/mol. The van der Waals surface area contributed by atoms with Gasteiger partial charge in [0.25, 0.3) is 0 Å². The minimum Gasteiger partial charge on any atom is -0.383 e. The molecule has 1 atom stereocenters. The molecule has 0 aliphatic carbocycles. The highest BCUT2D eigenvalue weighted by Crippen LogP contribution is 2.19. The van der Waals surface area contributed by atoms with Crippen LogP contribution in [0.15, 0.2) is 24.3 Å². The van der Waals surface area contributed by atoms with Gasteiger partial charge < -0.3 is 10.5 Å². The summed E-state index contributed by atoms with van der Waals surface area (Å²) in [5.74, 6) is -0.202. The lowest BCUT2D eigenvalue weighted by Gasteiger charge is -2.38. The van der Waals surface area contributed by atoms with Crippen molar-refractivity contribution in [2.45, 2.75) is 18.9 Å². The monoisotopic (exact) mass is 254 g/mol. The van der Waals surface area contributed by atoms with Crippen molar-refractivity contribution in [3.05, 3.63) is 35.6 Å². The first-order valence-electron chi connectivity index (χ1n) is 6.16. The fourth-order valence-corrected chi connectivity index (χ4v) is 1.95. The molecule has 102 valence electrons. The summed E-state index contributed by atoms with van der Waals surface area (Å²) in [5, 5.41) is 0. The number of hydrogen-bond acceptors (Lipinski definition) is 3. The van der Waals surface area contributed by atoms with Crippen LogP contribution in [-0.2, 0) is 11.2 Å². The Bertz CT molecular complexity index is 373. The van der Waals surface area contributed by atoms with Gasteiger partial charge in [-0.15, -0.1) is 0 Å². The maximum atomic E-state index is 13.2. The maximum absolute atomic E-state index is 13.2. The summed E-state index contributed by atoms with van der Waals surface area (Å²) in [5.41, 5.74) is 6.67. The third kappa shape index (κ3) is 4.05. The highest BCUT2D eigenvalue weighted by molar-refractivity contribution is 5.19. The summed E-state index contributed by atoms with van der Waals surface area (Å²) in [6, 6.07) is 6.69.